The summed E-state index contributed by atoms with van der Waals surface area (Å²) in [4.78, 5) is 18.2. The van der Waals surface area contributed by atoms with E-state index in [2.05, 4.69) is 20.6 Å². The van der Waals surface area contributed by atoms with Crippen LogP contribution in [-0.4, -0.2) is 25.8 Å². The summed E-state index contributed by atoms with van der Waals surface area (Å²) in [6, 6.07) is 13.0. The number of para-hydroxylation sites is 1. The molecule has 3 heterocycles. The van der Waals surface area contributed by atoms with E-state index in [1.54, 1.807) is 6.07 Å². The van der Waals surface area contributed by atoms with Crippen molar-refractivity contribution in [1.29, 1.82) is 0 Å². The summed E-state index contributed by atoms with van der Waals surface area (Å²) in [5.41, 5.74) is 4.69. The Morgan fingerprint density at radius 2 is 1.92 bits per heavy atom. The molecule has 1 N–H and O–H groups in total. The normalized spacial score (nSPS) is 10.9. The number of aromatic nitrogens is 4. The molecule has 118 valence electrons. The van der Waals surface area contributed by atoms with Crippen molar-refractivity contribution in [2.75, 3.05) is 5.43 Å². The number of pyridine rings is 1. The number of benzene rings is 1. The number of carbonyl (C=O) groups excluding carboxylic acids is 1. The third kappa shape index (κ3) is 2.75. The first-order valence-electron chi connectivity index (χ1n) is 7.02. The fraction of sp³-hybridized carbons (Fsp3) is 0. The Balaban J connectivity index is 1.84. The van der Waals surface area contributed by atoms with Gasteiger partial charge in [-0.25, -0.2) is 9.66 Å². The topological polar surface area (TPSA) is 72.7 Å². The molecule has 0 aliphatic rings. The number of thiophene rings is 1. The quantitative estimate of drug-likeness (QED) is 0.609. The second-order valence-electron chi connectivity index (χ2n) is 4.99. The zero-order valence-electron chi connectivity index (χ0n) is 12.2. The SMILES string of the molecule is O=C(Nn1cnnc1)c1cc(-c2ccc(Cl)s2)nc2ccccc12. The molecule has 0 fully saturated rings. The van der Waals surface area contributed by atoms with E-state index in [9.17, 15) is 4.79 Å². The van der Waals surface area contributed by atoms with Crippen LogP contribution in [-0.2, 0) is 0 Å². The Kier molecular flexibility index (Phi) is 3.72. The molecule has 0 unspecified atom stereocenters. The molecule has 0 bridgehead atoms. The van der Waals surface area contributed by atoms with Gasteiger partial charge in [0.25, 0.3) is 5.91 Å². The van der Waals surface area contributed by atoms with Gasteiger partial charge in [-0.2, -0.15) is 0 Å². The standard InChI is InChI=1S/C16H10ClN5OS/c17-15-6-5-14(24-15)13-7-11(10-3-1-2-4-12(10)20-13)16(23)21-22-8-18-19-9-22/h1-9H,(H,21,23). The first kappa shape index (κ1) is 14.8. The van der Waals surface area contributed by atoms with Crippen LogP contribution in [0.3, 0.4) is 0 Å². The van der Waals surface area contributed by atoms with Crippen LogP contribution in [0.4, 0.5) is 0 Å². The Morgan fingerprint density at radius 3 is 2.67 bits per heavy atom. The van der Waals surface area contributed by atoms with E-state index < -0.39 is 0 Å². The van der Waals surface area contributed by atoms with Crippen LogP contribution < -0.4 is 5.43 Å². The molecular formula is C16H10ClN5OS. The monoisotopic (exact) mass is 355 g/mol. The van der Waals surface area contributed by atoms with E-state index in [1.165, 1.54) is 28.7 Å². The third-order valence-electron chi connectivity index (χ3n) is 3.44. The molecule has 24 heavy (non-hydrogen) atoms. The number of rotatable bonds is 3. The lowest BCUT2D eigenvalue weighted by Gasteiger charge is -2.09. The summed E-state index contributed by atoms with van der Waals surface area (Å²) in [6.45, 7) is 0. The molecule has 8 heteroatoms. The highest BCUT2D eigenvalue weighted by Crippen LogP contribution is 2.32. The van der Waals surface area contributed by atoms with Crippen molar-refractivity contribution in [3.63, 3.8) is 0 Å². The number of hydrogen-bond acceptors (Lipinski definition) is 5. The van der Waals surface area contributed by atoms with Crippen molar-refractivity contribution in [3.05, 3.63) is 65.0 Å². The predicted molar refractivity (Wildman–Crippen MR) is 93.8 cm³/mol. The highest BCUT2D eigenvalue weighted by Gasteiger charge is 2.15. The molecule has 3 aromatic heterocycles. The van der Waals surface area contributed by atoms with Crippen LogP contribution in [0.2, 0.25) is 4.34 Å². The van der Waals surface area contributed by atoms with E-state index in [0.717, 1.165) is 15.8 Å². The van der Waals surface area contributed by atoms with Gasteiger partial charge >= 0.3 is 0 Å². The number of hydrogen-bond donors (Lipinski definition) is 1. The van der Waals surface area contributed by atoms with Crippen LogP contribution in [0.15, 0.2) is 55.1 Å². The van der Waals surface area contributed by atoms with Gasteiger partial charge < -0.3 is 0 Å². The van der Waals surface area contributed by atoms with E-state index in [0.29, 0.717) is 15.6 Å². The van der Waals surface area contributed by atoms with Crippen LogP contribution in [0.5, 0.6) is 0 Å². The summed E-state index contributed by atoms with van der Waals surface area (Å²) >= 11 is 7.44. The molecule has 0 radical (unpaired) electrons. The molecule has 1 amide bonds. The highest BCUT2D eigenvalue weighted by atomic mass is 35.5. The first-order valence-corrected chi connectivity index (χ1v) is 8.21. The maximum absolute atomic E-state index is 12.7. The van der Waals surface area contributed by atoms with E-state index in [4.69, 9.17) is 11.6 Å². The molecule has 0 aliphatic carbocycles. The highest BCUT2D eigenvalue weighted by molar-refractivity contribution is 7.19. The van der Waals surface area contributed by atoms with Crippen molar-refractivity contribution in [3.8, 4) is 10.6 Å². The van der Waals surface area contributed by atoms with Gasteiger partial charge in [-0.15, -0.1) is 21.5 Å². The predicted octanol–water partition coefficient (Wildman–Crippen LogP) is 3.59. The van der Waals surface area contributed by atoms with Crippen LogP contribution in [0.1, 0.15) is 10.4 Å². The zero-order chi connectivity index (χ0) is 16.5. The Morgan fingerprint density at radius 1 is 1.12 bits per heavy atom. The molecule has 6 nitrogen and oxygen atoms in total. The molecular weight excluding hydrogens is 346 g/mol. The van der Waals surface area contributed by atoms with E-state index >= 15 is 0 Å². The fourth-order valence-corrected chi connectivity index (χ4v) is 3.38. The van der Waals surface area contributed by atoms with E-state index in [-0.39, 0.29) is 5.91 Å². The summed E-state index contributed by atoms with van der Waals surface area (Å²) in [5.74, 6) is -0.266. The van der Waals surface area contributed by atoms with Crippen LogP contribution in [0.25, 0.3) is 21.5 Å². The second kappa shape index (κ2) is 6.03. The van der Waals surface area contributed by atoms with Crippen molar-refractivity contribution in [2.45, 2.75) is 0 Å². The lowest BCUT2D eigenvalue weighted by Crippen LogP contribution is -2.22. The minimum Gasteiger partial charge on any atom is -0.267 e. The zero-order valence-corrected chi connectivity index (χ0v) is 13.8. The average Bonchev–Trinajstić information content (AvgIpc) is 3.25. The maximum Gasteiger partial charge on any atom is 0.270 e. The van der Waals surface area contributed by atoms with Gasteiger partial charge in [0.1, 0.15) is 12.7 Å². The first-order chi connectivity index (χ1) is 11.7. The molecule has 0 saturated carbocycles. The van der Waals surface area contributed by atoms with Gasteiger partial charge in [0.05, 0.1) is 26.0 Å². The summed E-state index contributed by atoms with van der Waals surface area (Å²) in [6.07, 6.45) is 2.84. The van der Waals surface area contributed by atoms with Crippen molar-refractivity contribution >= 4 is 39.7 Å². The number of carbonyl (C=O) groups is 1. The number of nitrogens with one attached hydrogen (secondary N) is 1. The molecule has 4 aromatic rings. The minimum absolute atomic E-state index is 0.266. The smallest absolute Gasteiger partial charge is 0.267 e. The number of nitrogens with zero attached hydrogens (tertiary/aromatic N) is 4. The molecule has 1 aromatic carbocycles. The third-order valence-corrected chi connectivity index (χ3v) is 4.69. The largest absolute Gasteiger partial charge is 0.270 e. The Bertz CT molecular complexity index is 1030. The Hall–Kier alpha value is -2.77. The molecule has 0 saturated heterocycles. The summed E-state index contributed by atoms with van der Waals surface area (Å²) in [5, 5.41) is 8.12. The van der Waals surface area contributed by atoms with Crippen molar-refractivity contribution in [1.82, 2.24) is 19.9 Å². The van der Waals surface area contributed by atoms with Gasteiger partial charge in [-0.3, -0.25) is 10.2 Å². The van der Waals surface area contributed by atoms with Gasteiger partial charge in [0.2, 0.25) is 0 Å². The summed E-state index contributed by atoms with van der Waals surface area (Å²) in [7, 11) is 0. The minimum atomic E-state index is -0.266. The van der Waals surface area contributed by atoms with Gasteiger partial charge in [0, 0.05) is 5.39 Å². The lowest BCUT2D eigenvalue weighted by atomic mass is 10.1. The van der Waals surface area contributed by atoms with E-state index in [1.807, 2.05) is 36.4 Å². The van der Waals surface area contributed by atoms with Crippen LogP contribution >= 0.6 is 22.9 Å². The van der Waals surface area contributed by atoms with Crippen LogP contribution in [0, 0.1) is 0 Å². The maximum atomic E-state index is 12.7. The molecule has 4 rings (SSSR count). The number of amides is 1. The average molecular weight is 356 g/mol. The molecule has 0 spiro atoms. The Labute approximate surface area is 145 Å². The van der Waals surface area contributed by atoms with Crippen molar-refractivity contribution in [2.24, 2.45) is 0 Å². The van der Waals surface area contributed by atoms with Crippen molar-refractivity contribution < 1.29 is 4.79 Å². The molecule has 0 atom stereocenters. The fourth-order valence-electron chi connectivity index (χ4n) is 2.38. The summed E-state index contributed by atoms with van der Waals surface area (Å²) < 4.78 is 2.08. The number of halogens is 1. The van der Waals surface area contributed by atoms with Gasteiger partial charge in [-0.1, -0.05) is 29.8 Å². The molecule has 0 aliphatic heterocycles. The lowest BCUT2D eigenvalue weighted by molar-refractivity contribution is 0.101. The number of fused-ring (bicyclic) bond motifs is 1. The second-order valence-corrected chi connectivity index (χ2v) is 6.70. The van der Waals surface area contributed by atoms with Gasteiger partial charge in [-0.05, 0) is 24.3 Å². The van der Waals surface area contributed by atoms with Gasteiger partial charge in [0.15, 0.2) is 0 Å².